The van der Waals surface area contributed by atoms with E-state index in [0.29, 0.717) is 18.8 Å². The number of hydrogen-bond acceptors (Lipinski definition) is 6. The summed E-state index contributed by atoms with van der Waals surface area (Å²) in [6.45, 7) is 7.55. The van der Waals surface area contributed by atoms with Crippen LogP contribution in [0.25, 0.3) is 11.1 Å². The molecule has 1 N–H and O–H groups in total. The van der Waals surface area contributed by atoms with Crippen LogP contribution in [0, 0.1) is 5.92 Å². The monoisotopic (exact) mass is 447 g/mol. The average Bonchev–Trinajstić information content (AvgIpc) is 2.76. The van der Waals surface area contributed by atoms with Crippen LogP contribution in [0.2, 0.25) is 0 Å². The molecule has 0 radical (unpaired) electrons. The molecule has 2 aromatic rings. The lowest BCUT2D eigenvalue weighted by Gasteiger charge is -2.37. The number of likely N-dealkylation sites (N-methyl/N-ethyl adjacent to an activating group) is 1. The topological polar surface area (TPSA) is 83.0 Å². The van der Waals surface area contributed by atoms with Crippen LogP contribution in [-0.2, 0) is 10.0 Å². The van der Waals surface area contributed by atoms with Crippen molar-refractivity contribution in [3.63, 3.8) is 0 Å². The zero-order valence-corrected chi connectivity index (χ0v) is 19.5. The lowest BCUT2D eigenvalue weighted by Crippen LogP contribution is -2.49. The quantitative estimate of drug-likeness (QED) is 0.703. The first-order valence-electron chi connectivity index (χ1n) is 10.8. The molecule has 7 nitrogen and oxygen atoms in total. The number of hydrogen-bond donors (Lipinski definition) is 1. The van der Waals surface area contributed by atoms with E-state index in [1.807, 2.05) is 19.1 Å². The summed E-state index contributed by atoms with van der Waals surface area (Å²) in [5.74, 6) is 0.298. The second kappa shape index (κ2) is 10.1. The molecule has 170 valence electrons. The number of sulfonamides is 1. The van der Waals surface area contributed by atoms with Crippen LogP contribution in [0.5, 0.6) is 5.75 Å². The van der Waals surface area contributed by atoms with Gasteiger partial charge in [0.2, 0.25) is 10.0 Å². The normalized spacial score (nSPS) is 22.3. The Morgan fingerprint density at radius 2 is 1.97 bits per heavy atom. The predicted molar refractivity (Wildman–Crippen MR) is 121 cm³/mol. The van der Waals surface area contributed by atoms with Crippen molar-refractivity contribution < 1.29 is 18.3 Å². The molecule has 3 atom stereocenters. The average molecular weight is 448 g/mol. The van der Waals surface area contributed by atoms with E-state index >= 15 is 0 Å². The van der Waals surface area contributed by atoms with Crippen LogP contribution < -0.4 is 4.74 Å². The largest absolute Gasteiger partial charge is 0.487 e. The van der Waals surface area contributed by atoms with Crippen molar-refractivity contribution in [2.75, 3.05) is 33.3 Å². The minimum absolute atomic E-state index is 0.0548. The molecule has 0 fully saturated rings. The van der Waals surface area contributed by atoms with Crippen molar-refractivity contribution in [1.82, 2.24) is 14.2 Å². The summed E-state index contributed by atoms with van der Waals surface area (Å²) in [7, 11) is -1.77. The van der Waals surface area contributed by atoms with Gasteiger partial charge in [-0.25, -0.2) is 8.42 Å². The van der Waals surface area contributed by atoms with Gasteiger partial charge < -0.3 is 14.7 Å². The van der Waals surface area contributed by atoms with Crippen molar-refractivity contribution in [2.24, 2.45) is 5.92 Å². The summed E-state index contributed by atoms with van der Waals surface area (Å²) in [6.07, 6.45) is 4.26. The number of rotatable bonds is 7. The lowest BCUT2D eigenvalue weighted by atomic mass is 10.0. The molecular weight excluding hydrogens is 414 g/mol. The van der Waals surface area contributed by atoms with Gasteiger partial charge in [-0.2, -0.15) is 4.31 Å². The third-order valence-electron chi connectivity index (χ3n) is 5.78. The molecular formula is C23H33N3O4S. The number of nitrogens with zero attached hydrogens (tertiary/aromatic N) is 3. The summed E-state index contributed by atoms with van der Waals surface area (Å²) in [5, 5.41) is 9.74. The predicted octanol–water partition coefficient (Wildman–Crippen LogP) is 2.86. The molecule has 31 heavy (non-hydrogen) atoms. The highest BCUT2D eigenvalue weighted by molar-refractivity contribution is 7.89. The van der Waals surface area contributed by atoms with Crippen molar-refractivity contribution >= 4 is 10.0 Å². The molecule has 3 rings (SSSR count). The molecule has 0 saturated carbocycles. The Labute approximate surface area is 185 Å². The molecule has 0 amide bonds. The Balaban J connectivity index is 2.10. The number of pyridine rings is 1. The second-order valence-electron chi connectivity index (χ2n) is 8.40. The summed E-state index contributed by atoms with van der Waals surface area (Å²) < 4.78 is 34.8. The number of aromatic nitrogens is 1. The third-order valence-corrected chi connectivity index (χ3v) is 7.80. The molecule has 8 heteroatoms. The lowest BCUT2D eigenvalue weighted by molar-refractivity contribution is 0.0753. The van der Waals surface area contributed by atoms with E-state index in [0.717, 1.165) is 24.1 Å². The first-order chi connectivity index (χ1) is 14.8. The molecule has 1 aromatic carbocycles. The third kappa shape index (κ3) is 5.26. The van der Waals surface area contributed by atoms with Gasteiger partial charge in [-0.05, 0) is 62.3 Å². The first kappa shape index (κ1) is 23.7. The summed E-state index contributed by atoms with van der Waals surface area (Å²) in [5.41, 5.74) is 1.81. The molecule has 0 bridgehead atoms. The fourth-order valence-electron chi connectivity index (χ4n) is 3.95. The van der Waals surface area contributed by atoms with Crippen molar-refractivity contribution in [3.05, 3.63) is 42.7 Å². The summed E-state index contributed by atoms with van der Waals surface area (Å²) in [6, 6.07) is 8.45. The molecule has 0 unspecified atom stereocenters. The van der Waals surface area contributed by atoms with Gasteiger partial charge >= 0.3 is 0 Å². The standard InChI is InChI=1S/C23H33N3O4S/c1-5-12-25(4)15-22-17(2)14-26(18(3)16-27)31(28,29)23-7-6-20(13-21(23)30-22)19-8-10-24-11-9-19/h6-11,13,17-18,22,27H,5,12,14-16H2,1-4H3/t17-,18+,22-/m1/s1. The molecule has 0 aliphatic carbocycles. The maximum atomic E-state index is 13.5. The van der Waals surface area contributed by atoms with E-state index in [1.54, 1.807) is 37.5 Å². The second-order valence-corrected chi connectivity index (χ2v) is 10.3. The Hall–Kier alpha value is -2.00. The van der Waals surface area contributed by atoms with Crippen molar-refractivity contribution in [3.8, 4) is 16.9 Å². The zero-order chi connectivity index (χ0) is 22.6. The Kier molecular flexibility index (Phi) is 7.69. The van der Waals surface area contributed by atoms with Crippen LogP contribution in [0.3, 0.4) is 0 Å². The zero-order valence-electron chi connectivity index (χ0n) is 18.7. The van der Waals surface area contributed by atoms with Gasteiger partial charge in [0.15, 0.2) is 0 Å². The van der Waals surface area contributed by atoms with Crippen LogP contribution in [0.1, 0.15) is 27.2 Å². The van der Waals surface area contributed by atoms with E-state index in [2.05, 4.69) is 23.9 Å². The summed E-state index contributed by atoms with van der Waals surface area (Å²) >= 11 is 0. The smallest absolute Gasteiger partial charge is 0.247 e. The molecule has 2 heterocycles. The Morgan fingerprint density at radius 1 is 1.26 bits per heavy atom. The van der Waals surface area contributed by atoms with Gasteiger partial charge in [0.05, 0.1) is 6.61 Å². The van der Waals surface area contributed by atoms with Gasteiger partial charge in [-0.1, -0.05) is 19.9 Å². The maximum absolute atomic E-state index is 13.5. The van der Waals surface area contributed by atoms with Gasteiger partial charge in [-0.15, -0.1) is 0 Å². The van der Waals surface area contributed by atoms with Crippen LogP contribution in [-0.4, -0.2) is 73.1 Å². The van der Waals surface area contributed by atoms with Crippen LogP contribution >= 0.6 is 0 Å². The number of aliphatic hydroxyl groups excluding tert-OH is 1. The van der Waals surface area contributed by atoms with Crippen molar-refractivity contribution in [2.45, 2.75) is 44.2 Å². The van der Waals surface area contributed by atoms with Gasteiger partial charge in [0.1, 0.15) is 16.7 Å². The van der Waals surface area contributed by atoms with Gasteiger partial charge in [0, 0.05) is 37.4 Å². The number of benzene rings is 1. The molecule has 0 saturated heterocycles. The van der Waals surface area contributed by atoms with E-state index in [4.69, 9.17) is 4.74 Å². The number of aliphatic hydroxyl groups is 1. The SMILES string of the molecule is CCCN(C)C[C@H]1Oc2cc(-c3ccncc3)ccc2S(=O)(=O)N([C@@H](C)CO)C[C@H]1C. The highest BCUT2D eigenvalue weighted by Gasteiger charge is 2.38. The van der Waals surface area contributed by atoms with E-state index < -0.39 is 16.1 Å². The maximum Gasteiger partial charge on any atom is 0.247 e. The molecule has 1 aliphatic rings. The number of ether oxygens (including phenoxy) is 1. The summed E-state index contributed by atoms with van der Waals surface area (Å²) in [4.78, 5) is 6.41. The minimum atomic E-state index is -3.83. The van der Waals surface area contributed by atoms with Crippen LogP contribution in [0.15, 0.2) is 47.6 Å². The molecule has 1 aliphatic heterocycles. The van der Waals surface area contributed by atoms with Crippen molar-refractivity contribution in [1.29, 1.82) is 0 Å². The fraction of sp³-hybridized carbons (Fsp3) is 0.522. The first-order valence-corrected chi connectivity index (χ1v) is 12.2. The molecule has 0 spiro atoms. The highest BCUT2D eigenvalue weighted by Crippen LogP contribution is 2.36. The Bertz CT molecular complexity index is 968. The van der Waals surface area contributed by atoms with E-state index in [9.17, 15) is 13.5 Å². The minimum Gasteiger partial charge on any atom is -0.487 e. The van der Waals surface area contributed by atoms with E-state index in [-0.39, 0.29) is 23.5 Å². The van der Waals surface area contributed by atoms with Gasteiger partial charge in [-0.3, -0.25) is 4.98 Å². The van der Waals surface area contributed by atoms with Gasteiger partial charge in [0.25, 0.3) is 0 Å². The Morgan fingerprint density at radius 3 is 2.61 bits per heavy atom. The highest BCUT2D eigenvalue weighted by atomic mass is 32.2. The van der Waals surface area contributed by atoms with Crippen LogP contribution in [0.4, 0.5) is 0 Å². The molecule has 1 aromatic heterocycles. The van der Waals surface area contributed by atoms with E-state index in [1.165, 1.54) is 4.31 Å². The number of fused-ring (bicyclic) bond motifs is 1. The fourth-order valence-corrected chi connectivity index (χ4v) is 5.77.